The number of para-hydroxylation sites is 1. The highest BCUT2D eigenvalue weighted by atomic mass is 16.2. The van der Waals surface area contributed by atoms with E-state index >= 15 is 0 Å². The van der Waals surface area contributed by atoms with Gasteiger partial charge in [-0.2, -0.15) is 0 Å². The van der Waals surface area contributed by atoms with Gasteiger partial charge in [-0.15, -0.1) is 0 Å². The Balaban J connectivity index is 0.000000758. The molecule has 0 unspecified atom stereocenters. The lowest BCUT2D eigenvalue weighted by molar-refractivity contribution is 0.245. The van der Waals surface area contributed by atoms with Crippen molar-refractivity contribution in [1.82, 2.24) is 10.6 Å². The van der Waals surface area contributed by atoms with E-state index in [1.807, 2.05) is 32.0 Å². The van der Waals surface area contributed by atoms with Crippen molar-refractivity contribution in [2.75, 3.05) is 18.4 Å². The SMILES string of the molecule is CCCCN=C=O.CCCCNC(=O)NC(=N)Nc1c(C)cccc1C. The molecule has 0 aliphatic carbocycles. The number of amides is 2. The molecule has 4 N–H and O–H groups in total. The van der Waals surface area contributed by atoms with E-state index in [1.165, 1.54) is 6.08 Å². The van der Waals surface area contributed by atoms with Crippen LogP contribution in [0.3, 0.4) is 0 Å². The summed E-state index contributed by atoms with van der Waals surface area (Å²) in [7, 11) is 0. The molecular weight excluding hydrogens is 330 g/mol. The van der Waals surface area contributed by atoms with Crippen LogP contribution in [0.2, 0.25) is 0 Å². The minimum Gasteiger partial charge on any atom is -0.338 e. The molecule has 0 saturated heterocycles. The first-order valence-corrected chi connectivity index (χ1v) is 8.96. The zero-order valence-electron chi connectivity index (χ0n) is 16.2. The molecule has 0 bridgehead atoms. The van der Waals surface area contributed by atoms with Crippen molar-refractivity contribution in [3.05, 3.63) is 29.3 Å². The van der Waals surface area contributed by atoms with Crippen molar-refractivity contribution in [1.29, 1.82) is 5.41 Å². The number of unbranched alkanes of at least 4 members (excludes halogenated alkanes) is 2. The van der Waals surface area contributed by atoms with E-state index in [9.17, 15) is 9.59 Å². The second-order valence-electron chi connectivity index (χ2n) is 5.83. The normalized spacial score (nSPS) is 9.23. The molecule has 1 rings (SSSR count). The van der Waals surface area contributed by atoms with Crippen LogP contribution in [-0.4, -0.2) is 31.2 Å². The molecule has 7 nitrogen and oxygen atoms in total. The van der Waals surface area contributed by atoms with Gasteiger partial charge in [-0.05, 0) is 37.8 Å². The number of aryl methyl sites for hydroxylation is 2. The summed E-state index contributed by atoms with van der Waals surface area (Å²) in [4.78, 5) is 24.2. The van der Waals surface area contributed by atoms with E-state index in [4.69, 9.17) is 5.41 Å². The fourth-order valence-corrected chi connectivity index (χ4v) is 1.99. The van der Waals surface area contributed by atoms with Gasteiger partial charge in [0.1, 0.15) is 0 Å². The quantitative estimate of drug-likeness (QED) is 0.256. The molecular formula is C19H31N5O2. The lowest BCUT2D eigenvalue weighted by Crippen LogP contribution is -2.42. The molecule has 0 heterocycles. The number of hydrogen-bond acceptors (Lipinski definition) is 4. The third kappa shape index (κ3) is 11.0. The zero-order chi connectivity index (χ0) is 19.8. The molecule has 2 amide bonds. The van der Waals surface area contributed by atoms with Crippen LogP contribution in [0.5, 0.6) is 0 Å². The van der Waals surface area contributed by atoms with Gasteiger partial charge in [-0.25, -0.2) is 14.6 Å². The van der Waals surface area contributed by atoms with Gasteiger partial charge in [0.15, 0.2) is 0 Å². The second kappa shape index (κ2) is 14.7. The number of hydrogen-bond donors (Lipinski definition) is 4. The van der Waals surface area contributed by atoms with Gasteiger partial charge < -0.3 is 10.6 Å². The van der Waals surface area contributed by atoms with E-state index in [0.717, 1.165) is 42.5 Å². The van der Waals surface area contributed by atoms with E-state index in [1.54, 1.807) is 0 Å². The number of benzene rings is 1. The number of rotatable bonds is 7. The van der Waals surface area contributed by atoms with Crippen LogP contribution >= 0.6 is 0 Å². The minimum absolute atomic E-state index is 0.0219. The van der Waals surface area contributed by atoms with Crippen molar-refractivity contribution < 1.29 is 9.59 Å². The molecule has 0 fully saturated rings. The number of carbonyl (C=O) groups excluding carboxylic acids is 2. The summed E-state index contributed by atoms with van der Waals surface area (Å²) in [5.41, 5.74) is 2.94. The smallest absolute Gasteiger partial charge is 0.321 e. The molecule has 26 heavy (non-hydrogen) atoms. The summed E-state index contributed by atoms with van der Waals surface area (Å²) in [6.45, 7) is 9.30. The van der Waals surface area contributed by atoms with Gasteiger partial charge in [-0.3, -0.25) is 10.7 Å². The number of guanidine groups is 1. The summed E-state index contributed by atoms with van der Waals surface area (Å²) in [6.07, 6.45) is 5.52. The predicted octanol–water partition coefficient (Wildman–Crippen LogP) is 3.87. The Kier molecular flexibility index (Phi) is 13.2. The number of isocyanates is 1. The molecule has 0 aliphatic rings. The van der Waals surface area contributed by atoms with Gasteiger partial charge in [0, 0.05) is 12.2 Å². The Morgan fingerprint density at radius 2 is 1.77 bits per heavy atom. The first-order chi connectivity index (χ1) is 12.5. The number of aliphatic imine (C=N–C) groups is 1. The van der Waals surface area contributed by atoms with Gasteiger partial charge in [0.2, 0.25) is 12.0 Å². The molecule has 144 valence electrons. The Morgan fingerprint density at radius 3 is 2.31 bits per heavy atom. The van der Waals surface area contributed by atoms with Crippen molar-refractivity contribution in [2.45, 2.75) is 53.4 Å². The topological polar surface area (TPSA) is 106 Å². The largest absolute Gasteiger partial charge is 0.338 e. The lowest BCUT2D eigenvalue weighted by atomic mass is 10.1. The third-order valence-electron chi connectivity index (χ3n) is 3.47. The lowest BCUT2D eigenvalue weighted by Gasteiger charge is -2.14. The van der Waals surface area contributed by atoms with E-state index in [0.29, 0.717) is 13.1 Å². The van der Waals surface area contributed by atoms with Crippen LogP contribution in [0.4, 0.5) is 10.5 Å². The standard InChI is InChI=1S/C14H22N4O.C5H9NO/c1-4-5-9-16-14(19)18-13(15)17-12-10(2)7-6-8-11(12)3;1-2-3-4-6-5-7/h6-8H,4-5,9H2,1-3H3,(H4,15,16,17,18,19);2-4H2,1H3. The Morgan fingerprint density at radius 1 is 1.15 bits per heavy atom. The van der Waals surface area contributed by atoms with Crippen LogP contribution in [0, 0.1) is 19.3 Å². The summed E-state index contributed by atoms with van der Waals surface area (Å²) in [6, 6.07) is 5.54. The Hall–Kier alpha value is -2.66. The van der Waals surface area contributed by atoms with Gasteiger partial charge >= 0.3 is 6.03 Å². The fraction of sp³-hybridized carbons (Fsp3) is 0.526. The number of urea groups is 1. The van der Waals surface area contributed by atoms with Crippen molar-refractivity contribution in [2.24, 2.45) is 4.99 Å². The summed E-state index contributed by atoms with van der Waals surface area (Å²) >= 11 is 0. The van der Waals surface area contributed by atoms with Crippen molar-refractivity contribution in [3.63, 3.8) is 0 Å². The maximum absolute atomic E-state index is 11.5. The summed E-state index contributed by atoms with van der Waals surface area (Å²) < 4.78 is 0. The molecule has 0 radical (unpaired) electrons. The van der Waals surface area contributed by atoms with E-state index in [-0.39, 0.29) is 12.0 Å². The number of anilines is 1. The van der Waals surface area contributed by atoms with Gasteiger partial charge in [0.25, 0.3) is 0 Å². The zero-order valence-corrected chi connectivity index (χ0v) is 16.2. The van der Waals surface area contributed by atoms with Crippen LogP contribution < -0.4 is 16.0 Å². The first kappa shape index (κ1) is 23.3. The highest BCUT2D eigenvalue weighted by molar-refractivity contribution is 6.02. The average Bonchev–Trinajstić information content (AvgIpc) is 2.59. The maximum Gasteiger partial charge on any atom is 0.321 e. The fourth-order valence-electron chi connectivity index (χ4n) is 1.99. The van der Waals surface area contributed by atoms with Gasteiger partial charge in [0.05, 0.1) is 6.54 Å². The Labute approximate surface area is 156 Å². The van der Waals surface area contributed by atoms with Crippen LogP contribution in [0.1, 0.15) is 50.7 Å². The number of nitrogens with zero attached hydrogens (tertiary/aromatic N) is 1. The van der Waals surface area contributed by atoms with Crippen molar-refractivity contribution >= 4 is 23.8 Å². The molecule has 0 aromatic heterocycles. The first-order valence-electron chi connectivity index (χ1n) is 8.96. The predicted molar refractivity (Wildman–Crippen MR) is 107 cm³/mol. The highest BCUT2D eigenvalue weighted by Crippen LogP contribution is 2.18. The monoisotopic (exact) mass is 361 g/mol. The number of carbonyl (C=O) groups is 1. The van der Waals surface area contributed by atoms with E-state index < -0.39 is 0 Å². The van der Waals surface area contributed by atoms with E-state index in [2.05, 4.69) is 34.8 Å². The Bertz CT molecular complexity index is 590. The molecule has 1 aromatic rings. The van der Waals surface area contributed by atoms with Crippen LogP contribution in [0.25, 0.3) is 0 Å². The second-order valence-corrected chi connectivity index (χ2v) is 5.83. The molecule has 0 aliphatic heterocycles. The molecule has 0 atom stereocenters. The minimum atomic E-state index is -0.350. The number of nitrogens with one attached hydrogen (secondary N) is 4. The van der Waals surface area contributed by atoms with Gasteiger partial charge in [-0.1, -0.05) is 44.9 Å². The average molecular weight is 361 g/mol. The highest BCUT2D eigenvalue weighted by Gasteiger charge is 2.07. The summed E-state index contributed by atoms with van der Waals surface area (Å²) in [5, 5.41) is 15.8. The van der Waals surface area contributed by atoms with Crippen LogP contribution in [-0.2, 0) is 4.79 Å². The van der Waals surface area contributed by atoms with Crippen LogP contribution in [0.15, 0.2) is 23.2 Å². The third-order valence-corrected chi connectivity index (χ3v) is 3.47. The van der Waals surface area contributed by atoms with Crippen molar-refractivity contribution in [3.8, 4) is 0 Å². The molecule has 0 spiro atoms. The molecule has 0 saturated carbocycles. The molecule has 7 heteroatoms. The molecule has 1 aromatic carbocycles. The summed E-state index contributed by atoms with van der Waals surface area (Å²) in [5.74, 6) is -0.0219. The maximum atomic E-state index is 11.5.